The maximum Gasteiger partial charge on any atom is 0.573 e. The molecule has 1 aromatic rings. The summed E-state index contributed by atoms with van der Waals surface area (Å²) in [6.45, 7) is 2.62. The van der Waals surface area contributed by atoms with Crippen LogP contribution in [0.5, 0.6) is 5.75 Å². The van der Waals surface area contributed by atoms with E-state index in [9.17, 15) is 13.2 Å². The Morgan fingerprint density at radius 3 is 2.24 bits per heavy atom. The van der Waals surface area contributed by atoms with Gasteiger partial charge in [-0.3, -0.25) is 0 Å². The lowest BCUT2D eigenvalue weighted by Crippen LogP contribution is -2.17. The third-order valence-electron chi connectivity index (χ3n) is 2.59. The van der Waals surface area contributed by atoms with E-state index < -0.39 is 6.36 Å². The molecule has 0 aliphatic rings. The van der Waals surface area contributed by atoms with Crippen LogP contribution in [-0.2, 0) is 6.42 Å². The van der Waals surface area contributed by atoms with Gasteiger partial charge in [-0.25, -0.2) is 0 Å². The Labute approximate surface area is 98.6 Å². The van der Waals surface area contributed by atoms with E-state index in [1.54, 1.807) is 12.1 Å². The van der Waals surface area contributed by atoms with Crippen LogP contribution in [0.25, 0.3) is 0 Å². The van der Waals surface area contributed by atoms with E-state index in [4.69, 9.17) is 5.73 Å². The number of hydrogen-bond acceptors (Lipinski definition) is 2. The molecule has 0 saturated carbocycles. The lowest BCUT2D eigenvalue weighted by Gasteiger charge is -2.13. The molecule has 1 atom stereocenters. The molecule has 0 spiro atoms. The molecular weight excluding hydrogens is 231 g/mol. The van der Waals surface area contributed by atoms with Gasteiger partial charge in [0.1, 0.15) is 5.75 Å². The molecule has 0 bridgehead atoms. The predicted octanol–water partition coefficient (Wildman–Crippen LogP) is 3.11. The van der Waals surface area contributed by atoms with Crippen LogP contribution >= 0.6 is 0 Å². The predicted molar refractivity (Wildman–Crippen MR) is 59.7 cm³/mol. The van der Waals surface area contributed by atoms with Gasteiger partial charge in [0, 0.05) is 0 Å². The zero-order valence-electron chi connectivity index (χ0n) is 9.63. The van der Waals surface area contributed by atoms with Crippen molar-refractivity contribution in [1.29, 1.82) is 0 Å². The Balaban J connectivity index is 2.62. The number of ether oxygens (including phenoxy) is 1. The molecule has 0 fully saturated rings. The molecule has 2 N–H and O–H groups in total. The molecule has 5 heteroatoms. The molecule has 96 valence electrons. The number of rotatable bonds is 5. The van der Waals surface area contributed by atoms with Gasteiger partial charge < -0.3 is 10.5 Å². The van der Waals surface area contributed by atoms with Crippen molar-refractivity contribution in [1.82, 2.24) is 0 Å². The van der Waals surface area contributed by atoms with Crippen LogP contribution in [0, 0.1) is 5.92 Å². The molecule has 1 unspecified atom stereocenters. The first-order valence-corrected chi connectivity index (χ1v) is 5.49. The molecule has 0 aliphatic heterocycles. The molecular formula is C12H16F3NO. The van der Waals surface area contributed by atoms with E-state index in [0.717, 1.165) is 18.4 Å². The van der Waals surface area contributed by atoms with Gasteiger partial charge in [-0.1, -0.05) is 25.5 Å². The van der Waals surface area contributed by atoms with Crippen LogP contribution in [0.2, 0.25) is 0 Å². The lowest BCUT2D eigenvalue weighted by atomic mass is 9.97. The standard InChI is InChI=1S/C12H16F3NO/c1-2-9(8-16)7-10-3-5-11(6-4-10)17-12(13,14)15/h3-6,9H,2,7-8,16H2,1H3. The normalized spacial score (nSPS) is 13.5. The maximum atomic E-state index is 11.9. The molecule has 0 saturated heterocycles. The van der Waals surface area contributed by atoms with Crippen molar-refractivity contribution < 1.29 is 17.9 Å². The van der Waals surface area contributed by atoms with Crippen molar-refractivity contribution in [3.8, 4) is 5.75 Å². The molecule has 2 nitrogen and oxygen atoms in total. The second-order valence-corrected chi connectivity index (χ2v) is 3.91. The highest BCUT2D eigenvalue weighted by atomic mass is 19.4. The van der Waals surface area contributed by atoms with E-state index in [1.165, 1.54) is 12.1 Å². The number of nitrogens with two attached hydrogens (primary N) is 1. The summed E-state index contributed by atoms with van der Waals surface area (Å²) >= 11 is 0. The third kappa shape index (κ3) is 5.08. The Bertz CT molecular complexity index is 331. The van der Waals surface area contributed by atoms with E-state index in [2.05, 4.69) is 4.74 Å². The summed E-state index contributed by atoms with van der Waals surface area (Å²) in [5.41, 5.74) is 6.54. The van der Waals surface area contributed by atoms with Crippen molar-refractivity contribution in [2.24, 2.45) is 11.7 Å². The van der Waals surface area contributed by atoms with Gasteiger partial charge in [-0.15, -0.1) is 13.2 Å². The Kier molecular flexibility index (Phi) is 4.81. The van der Waals surface area contributed by atoms with Crippen molar-refractivity contribution in [3.63, 3.8) is 0 Å². The van der Waals surface area contributed by atoms with Crippen LogP contribution in [0.1, 0.15) is 18.9 Å². The molecule has 0 aromatic heterocycles. The fourth-order valence-corrected chi connectivity index (χ4v) is 1.55. The van der Waals surface area contributed by atoms with Gasteiger partial charge in [0.25, 0.3) is 0 Å². The second-order valence-electron chi connectivity index (χ2n) is 3.91. The van der Waals surface area contributed by atoms with Gasteiger partial charge in [0.2, 0.25) is 0 Å². The summed E-state index contributed by atoms with van der Waals surface area (Å²) in [5.74, 6) is 0.173. The van der Waals surface area contributed by atoms with Crippen LogP contribution in [-0.4, -0.2) is 12.9 Å². The lowest BCUT2D eigenvalue weighted by molar-refractivity contribution is -0.274. The average Bonchev–Trinajstić information content (AvgIpc) is 2.26. The molecule has 17 heavy (non-hydrogen) atoms. The zero-order chi connectivity index (χ0) is 12.9. The maximum absolute atomic E-state index is 11.9. The van der Waals surface area contributed by atoms with E-state index in [0.29, 0.717) is 12.5 Å². The molecule has 1 aromatic carbocycles. The summed E-state index contributed by atoms with van der Waals surface area (Å²) in [6, 6.07) is 5.93. The van der Waals surface area contributed by atoms with Crippen molar-refractivity contribution in [2.75, 3.05) is 6.54 Å². The molecule has 0 aliphatic carbocycles. The van der Waals surface area contributed by atoms with E-state index >= 15 is 0 Å². The van der Waals surface area contributed by atoms with Crippen LogP contribution in [0.15, 0.2) is 24.3 Å². The molecule has 0 radical (unpaired) electrons. The first kappa shape index (κ1) is 13.8. The van der Waals surface area contributed by atoms with Gasteiger partial charge in [0.15, 0.2) is 0 Å². The number of benzene rings is 1. The first-order chi connectivity index (χ1) is 7.94. The van der Waals surface area contributed by atoms with E-state index in [1.807, 2.05) is 6.92 Å². The van der Waals surface area contributed by atoms with Crippen LogP contribution in [0.3, 0.4) is 0 Å². The summed E-state index contributed by atoms with van der Waals surface area (Å²) < 4.78 is 39.6. The SMILES string of the molecule is CCC(CN)Cc1ccc(OC(F)(F)F)cc1. The van der Waals surface area contributed by atoms with Gasteiger partial charge in [-0.2, -0.15) is 0 Å². The largest absolute Gasteiger partial charge is 0.573 e. The van der Waals surface area contributed by atoms with Crippen LogP contribution in [0.4, 0.5) is 13.2 Å². The third-order valence-corrected chi connectivity index (χ3v) is 2.59. The Hall–Kier alpha value is -1.23. The Morgan fingerprint density at radius 1 is 1.24 bits per heavy atom. The topological polar surface area (TPSA) is 35.2 Å². The molecule has 1 rings (SSSR count). The fraction of sp³-hybridized carbons (Fsp3) is 0.500. The summed E-state index contributed by atoms with van der Waals surface area (Å²) in [4.78, 5) is 0. The summed E-state index contributed by atoms with van der Waals surface area (Å²) in [7, 11) is 0. The minimum absolute atomic E-state index is 0.193. The first-order valence-electron chi connectivity index (χ1n) is 5.49. The highest BCUT2D eigenvalue weighted by molar-refractivity contribution is 5.27. The number of alkyl halides is 3. The molecule has 0 heterocycles. The average molecular weight is 247 g/mol. The van der Waals surface area contributed by atoms with Gasteiger partial charge in [-0.05, 0) is 36.6 Å². The minimum atomic E-state index is -4.63. The van der Waals surface area contributed by atoms with E-state index in [-0.39, 0.29) is 5.75 Å². The quantitative estimate of drug-likeness (QED) is 0.867. The minimum Gasteiger partial charge on any atom is -0.406 e. The highest BCUT2D eigenvalue weighted by Crippen LogP contribution is 2.23. The second kappa shape index (κ2) is 5.91. The monoisotopic (exact) mass is 247 g/mol. The fourth-order valence-electron chi connectivity index (χ4n) is 1.55. The van der Waals surface area contributed by atoms with Gasteiger partial charge >= 0.3 is 6.36 Å². The zero-order valence-corrected chi connectivity index (χ0v) is 9.63. The van der Waals surface area contributed by atoms with Gasteiger partial charge in [0.05, 0.1) is 0 Å². The van der Waals surface area contributed by atoms with Crippen LogP contribution < -0.4 is 10.5 Å². The Morgan fingerprint density at radius 2 is 1.82 bits per heavy atom. The number of hydrogen-bond donors (Lipinski definition) is 1. The smallest absolute Gasteiger partial charge is 0.406 e. The van der Waals surface area contributed by atoms with Crippen molar-refractivity contribution >= 4 is 0 Å². The van der Waals surface area contributed by atoms with Crippen molar-refractivity contribution in [3.05, 3.63) is 29.8 Å². The van der Waals surface area contributed by atoms with Crippen molar-refractivity contribution in [2.45, 2.75) is 26.1 Å². The summed E-state index contributed by atoms with van der Waals surface area (Å²) in [6.07, 6.45) is -2.90. The molecule has 0 amide bonds. The summed E-state index contributed by atoms with van der Waals surface area (Å²) in [5, 5.41) is 0. The highest BCUT2D eigenvalue weighted by Gasteiger charge is 2.30. The number of halogens is 3.